The minimum atomic E-state index is 0. The Morgan fingerprint density at radius 1 is 1.39 bits per heavy atom. The maximum absolute atomic E-state index is 11.5. The van der Waals surface area contributed by atoms with Gasteiger partial charge in [0, 0.05) is 18.7 Å². The molecule has 1 aromatic rings. The van der Waals surface area contributed by atoms with Gasteiger partial charge in [0.2, 0.25) is 5.91 Å². The molecular weight excluding hydrogens is 271 g/mol. The fraction of sp³-hybridized carbons (Fsp3) is 0.308. The molecule has 18 heavy (non-hydrogen) atoms. The molecule has 0 aliphatic carbocycles. The van der Waals surface area contributed by atoms with Crippen LogP contribution >= 0.6 is 24.8 Å². The Labute approximate surface area is 121 Å². The van der Waals surface area contributed by atoms with E-state index in [9.17, 15) is 4.79 Å². The van der Waals surface area contributed by atoms with Crippen LogP contribution in [0, 0.1) is 0 Å². The van der Waals surface area contributed by atoms with E-state index < -0.39 is 0 Å². The van der Waals surface area contributed by atoms with E-state index in [1.165, 1.54) is 0 Å². The Morgan fingerprint density at radius 3 is 2.72 bits per heavy atom. The number of carbonyl (C=O) groups is 1. The van der Waals surface area contributed by atoms with E-state index in [4.69, 9.17) is 0 Å². The Bertz CT molecular complexity index is 370. The molecular formula is C13H20Cl2N2O. The standard InChI is InChI=1S/C13H18N2O.2ClH/c1-3-4-8-13(16)15-12-7-5-6-11(9-12)10-14-2;;/h3,5-7,9,14H,1,4,8,10H2,2H3,(H,15,16);2*1H. The number of anilines is 1. The molecule has 0 bridgehead atoms. The number of hydrogen-bond donors (Lipinski definition) is 2. The van der Waals surface area contributed by atoms with E-state index in [0.717, 1.165) is 17.8 Å². The molecule has 0 saturated heterocycles. The molecule has 1 aromatic carbocycles. The number of amides is 1. The number of rotatable bonds is 6. The van der Waals surface area contributed by atoms with E-state index in [0.29, 0.717) is 12.8 Å². The first kappa shape index (κ1) is 19.3. The van der Waals surface area contributed by atoms with Gasteiger partial charge in [-0.05, 0) is 31.2 Å². The van der Waals surface area contributed by atoms with Crippen molar-refractivity contribution in [1.29, 1.82) is 0 Å². The Kier molecular flexibility index (Phi) is 11.9. The Morgan fingerprint density at radius 2 is 2.11 bits per heavy atom. The highest BCUT2D eigenvalue weighted by atomic mass is 35.5. The predicted octanol–water partition coefficient (Wildman–Crippen LogP) is 3.15. The average molecular weight is 291 g/mol. The second-order valence-electron chi connectivity index (χ2n) is 3.61. The van der Waals surface area contributed by atoms with Crippen molar-refractivity contribution in [3.8, 4) is 0 Å². The number of benzene rings is 1. The number of nitrogens with one attached hydrogen (secondary N) is 2. The lowest BCUT2D eigenvalue weighted by molar-refractivity contribution is -0.116. The van der Waals surface area contributed by atoms with Crippen molar-refractivity contribution in [1.82, 2.24) is 5.32 Å². The topological polar surface area (TPSA) is 41.1 Å². The van der Waals surface area contributed by atoms with Crippen LogP contribution in [-0.2, 0) is 11.3 Å². The van der Waals surface area contributed by atoms with Gasteiger partial charge in [0.25, 0.3) is 0 Å². The minimum absolute atomic E-state index is 0. The summed E-state index contributed by atoms with van der Waals surface area (Å²) in [6.45, 7) is 4.39. The van der Waals surface area contributed by atoms with Crippen LogP contribution in [0.25, 0.3) is 0 Å². The number of hydrogen-bond acceptors (Lipinski definition) is 2. The first-order valence-corrected chi connectivity index (χ1v) is 5.40. The van der Waals surface area contributed by atoms with Gasteiger partial charge in [-0.15, -0.1) is 31.4 Å². The molecule has 0 fully saturated rings. The number of halogens is 2. The molecule has 0 aliphatic rings. The van der Waals surface area contributed by atoms with Gasteiger partial charge in [-0.3, -0.25) is 4.79 Å². The van der Waals surface area contributed by atoms with Crippen LogP contribution in [0.1, 0.15) is 18.4 Å². The second-order valence-corrected chi connectivity index (χ2v) is 3.61. The normalized spacial score (nSPS) is 8.72. The molecule has 0 aromatic heterocycles. The maximum atomic E-state index is 11.5. The number of allylic oxidation sites excluding steroid dienone is 1. The van der Waals surface area contributed by atoms with Crippen molar-refractivity contribution in [2.45, 2.75) is 19.4 Å². The summed E-state index contributed by atoms with van der Waals surface area (Å²) in [7, 11) is 1.90. The molecule has 0 saturated carbocycles. The van der Waals surface area contributed by atoms with Crippen LogP contribution in [-0.4, -0.2) is 13.0 Å². The van der Waals surface area contributed by atoms with Crippen molar-refractivity contribution in [2.24, 2.45) is 0 Å². The van der Waals surface area contributed by atoms with Gasteiger partial charge >= 0.3 is 0 Å². The zero-order valence-corrected chi connectivity index (χ0v) is 12.1. The van der Waals surface area contributed by atoms with Gasteiger partial charge in [-0.1, -0.05) is 18.2 Å². The molecule has 0 spiro atoms. The Balaban J connectivity index is 0. The molecule has 5 heteroatoms. The molecule has 0 radical (unpaired) electrons. The molecule has 1 amide bonds. The van der Waals surface area contributed by atoms with Crippen molar-refractivity contribution in [2.75, 3.05) is 12.4 Å². The van der Waals surface area contributed by atoms with Gasteiger partial charge in [-0.2, -0.15) is 0 Å². The average Bonchev–Trinajstić information content (AvgIpc) is 2.27. The quantitative estimate of drug-likeness (QED) is 0.790. The van der Waals surface area contributed by atoms with Crippen molar-refractivity contribution < 1.29 is 4.79 Å². The lowest BCUT2D eigenvalue weighted by Gasteiger charge is -2.06. The first-order chi connectivity index (χ1) is 7.76. The molecule has 0 atom stereocenters. The van der Waals surface area contributed by atoms with Crippen LogP contribution in [0.4, 0.5) is 5.69 Å². The third kappa shape index (κ3) is 7.33. The van der Waals surface area contributed by atoms with Gasteiger partial charge in [-0.25, -0.2) is 0 Å². The highest BCUT2D eigenvalue weighted by molar-refractivity contribution is 5.90. The second kappa shape index (κ2) is 11.1. The smallest absolute Gasteiger partial charge is 0.224 e. The van der Waals surface area contributed by atoms with E-state index in [1.807, 2.05) is 31.3 Å². The van der Waals surface area contributed by atoms with Gasteiger partial charge in [0.15, 0.2) is 0 Å². The highest BCUT2D eigenvalue weighted by Gasteiger charge is 2.01. The van der Waals surface area contributed by atoms with Crippen LogP contribution in [0.3, 0.4) is 0 Å². The molecule has 0 aliphatic heterocycles. The Hall–Kier alpha value is -1.03. The van der Waals surface area contributed by atoms with Gasteiger partial charge in [0.1, 0.15) is 0 Å². The largest absolute Gasteiger partial charge is 0.326 e. The minimum Gasteiger partial charge on any atom is -0.326 e. The lowest BCUT2D eigenvalue weighted by Crippen LogP contribution is -2.11. The SMILES string of the molecule is C=CCCC(=O)Nc1cccc(CNC)c1.Cl.Cl. The van der Waals surface area contributed by atoms with E-state index in [2.05, 4.69) is 17.2 Å². The summed E-state index contributed by atoms with van der Waals surface area (Å²) in [5, 5.41) is 5.93. The van der Waals surface area contributed by atoms with Crippen molar-refractivity contribution in [3.05, 3.63) is 42.5 Å². The zero-order chi connectivity index (χ0) is 11.8. The summed E-state index contributed by atoms with van der Waals surface area (Å²) in [5.74, 6) is 0.0292. The summed E-state index contributed by atoms with van der Waals surface area (Å²) in [6.07, 6.45) is 2.94. The molecule has 102 valence electrons. The summed E-state index contributed by atoms with van der Waals surface area (Å²) in [6, 6.07) is 7.83. The summed E-state index contributed by atoms with van der Waals surface area (Å²) in [5.41, 5.74) is 2.01. The van der Waals surface area contributed by atoms with Gasteiger partial charge in [0.05, 0.1) is 0 Å². The fourth-order valence-corrected chi connectivity index (χ4v) is 1.42. The van der Waals surface area contributed by atoms with E-state index >= 15 is 0 Å². The van der Waals surface area contributed by atoms with Crippen molar-refractivity contribution in [3.63, 3.8) is 0 Å². The summed E-state index contributed by atoms with van der Waals surface area (Å²) >= 11 is 0. The highest BCUT2D eigenvalue weighted by Crippen LogP contribution is 2.11. The molecule has 1 rings (SSSR count). The predicted molar refractivity (Wildman–Crippen MR) is 81.8 cm³/mol. The van der Waals surface area contributed by atoms with E-state index in [1.54, 1.807) is 6.08 Å². The van der Waals surface area contributed by atoms with Crippen LogP contribution in [0.5, 0.6) is 0 Å². The monoisotopic (exact) mass is 290 g/mol. The zero-order valence-electron chi connectivity index (χ0n) is 10.4. The number of carbonyl (C=O) groups excluding carboxylic acids is 1. The van der Waals surface area contributed by atoms with Gasteiger partial charge < -0.3 is 10.6 Å². The maximum Gasteiger partial charge on any atom is 0.224 e. The summed E-state index contributed by atoms with van der Waals surface area (Å²) in [4.78, 5) is 11.5. The van der Waals surface area contributed by atoms with Crippen LogP contribution in [0.2, 0.25) is 0 Å². The van der Waals surface area contributed by atoms with Crippen LogP contribution < -0.4 is 10.6 Å². The first-order valence-electron chi connectivity index (χ1n) is 5.40. The van der Waals surface area contributed by atoms with Crippen LogP contribution in [0.15, 0.2) is 36.9 Å². The third-order valence-electron chi connectivity index (χ3n) is 2.17. The lowest BCUT2D eigenvalue weighted by atomic mass is 10.2. The molecule has 2 N–H and O–H groups in total. The molecule has 0 unspecified atom stereocenters. The summed E-state index contributed by atoms with van der Waals surface area (Å²) < 4.78 is 0. The van der Waals surface area contributed by atoms with Crippen molar-refractivity contribution >= 4 is 36.4 Å². The molecule has 0 heterocycles. The third-order valence-corrected chi connectivity index (χ3v) is 2.17. The molecule has 3 nitrogen and oxygen atoms in total. The fourth-order valence-electron chi connectivity index (χ4n) is 1.42. The van der Waals surface area contributed by atoms with E-state index in [-0.39, 0.29) is 30.7 Å².